The summed E-state index contributed by atoms with van der Waals surface area (Å²) >= 11 is 6.46. The van der Waals surface area contributed by atoms with Crippen molar-refractivity contribution in [3.05, 3.63) is 35.0 Å². The van der Waals surface area contributed by atoms with E-state index in [1.54, 1.807) is 31.4 Å². The standard InChI is InChI=1S/C26H36ClFN6O4S/c1-7-16-11-19(21(35)13-33(16)39(37,38)8-2)30-25-29-12-17(27)22(32-25)15-9-18(28)23-20(10-15)34(14(3)4)24(31-23)26(5,6)36/h9-10,12,14,16,19,21,35-36H,7-8,11,13H2,1-6H3,(H,29,30,32)/t16-,19-,21-/m0/s1. The van der Waals surface area contributed by atoms with E-state index in [2.05, 4.69) is 20.3 Å². The molecule has 0 aliphatic carbocycles. The Labute approximate surface area is 233 Å². The van der Waals surface area contributed by atoms with E-state index >= 15 is 4.39 Å². The molecule has 3 atom stereocenters. The van der Waals surface area contributed by atoms with Crippen molar-refractivity contribution in [2.45, 2.75) is 84.2 Å². The van der Waals surface area contributed by atoms with Crippen molar-refractivity contribution in [2.24, 2.45) is 0 Å². The maximum absolute atomic E-state index is 15.3. The Kier molecular flexibility index (Phi) is 8.26. The third-order valence-corrected chi connectivity index (χ3v) is 9.27. The van der Waals surface area contributed by atoms with Gasteiger partial charge in [-0.15, -0.1) is 0 Å². The summed E-state index contributed by atoms with van der Waals surface area (Å²) < 4.78 is 43.5. The smallest absolute Gasteiger partial charge is 0.223 e. The van der Waals surface area contributed by atoms with Crippen LogP contribution in [0, 0.1) is 5.82 Å². The molecule has 3 aromatic rings. The molecular weight excluding hydrogens is 547 g/mol. The highest BCUT2D eigenvalue weighted by atomic mass is 35.5. The largest absolute Gasteiger partial charge is 0.390 e. The summed E-state index contributed by atoms with van der Waals surface area (Å²) in [5.41, 5.74) is 0.0183. The Hall–Kier alpha value is -2.38. The Morgan fingerprint density at radius 2 is 1.95 bits per heavy atom. The molecule has 1 aliphatic heterocycles. The lowest BCUT2D eigenvalue weighted by atomic mass is 9.95. The maximum Gasteiger partial charge on any atom is 0.223 e. The zero-order valence-electron chi connectivity index (χ0n) is 23.0. The fourth-order valence-electron chi connectivity index (χ4n) is 5.11. The van der Waals surface area contributed by atoms with Gasteiger partial charge < -0.3 is 20.1 Å². The topological polar surface area (TPSA) is 133 Å². The van der Waals surface area contributed by atoms with Gasteiger partial charge in [-0.2, -0.15) is 4.31 Å². The molecule has 10 nitrogen and oxygen atoms in total. The second-order valence-electron chi connectivity index (χ2n) is 10.8. The van der Waals surface area contributed by atoms with Gasteiger partial charge in [-0.05, 0) is 59.6 Å². The number of sulfonamides is 1. The van der Waals surface area contributed by atoms with Gasteiger partial charge in [-0.1, -0.05) is 18.5 Å². The molecule has 1 aromatic carbocycles. The number of imidazole rings is 1. The number of hydrogen-bond donors (Lipinski definition) is 3. The molecule has 0 bridgehead atoms. The molecule has 0 unspecified atom stereocenters. The highest BCUT2D eigenvalue weighted by molar-refractivity contribution is 7.89. The first-order valence-corrected chi connectivity index (χ1v) is 15.1. The van der Waals surface area contributed by atoms with E-state index in [9.17, 15) is 18.6 Å². The molecule has 0 amide bonds. The molecule has 13 heteroatoms. The summed E-state index contributed by atoms with van der Waals surface area (Å²) in [6.07, 6.45) is 1.38. The quantitative estimate of drug-likeness (QED) is 0.362. The Morgan fingerprint density at radius 3 is 2.54 bits per heavy atom. The number of anilines is 1. The molecule has 4 rings (SSSR count). The third kappa shape index (κ3) is 5.76. The maximum atomic E-state index is 15.3. The summed E-state index contributed by atoms with van der Waals surface area (Å²) in [5, 5.41) is 24.8. The van der Waals surface area contributed by atoms with Gasteiger partial charge in [-0.25, -0.2) is 27.8 Å². The van der Waals surface area contributed by atoms with Gasteiger partial charge in [0.15, 0.2) is 5.82 Å². The average Bonchev–Trinajstić information content (AvgIpc) is 3.27. The second-order valence-corrected chi connectivity index (χ2v) is 13.4. The van der Waals surface area contributed by atoms with Crippen molar-refractivity contribution >= 4 is 38.6 Å². The van der Waals surface area contributed by atoms with Gasteiger partial charge in [0.1, 0.15) is 16.9 Å². The van der Waals surface area contributed by atoms with Crippen molar-refractivity contribution in [1.29, 1.82) is 0 Å². The van der Waals surface area contributed by atoms with Crippen molar-refractivity contribution in [3.8, 4) is 11.3 Å². The molecule has 3 N–H and O–H groups in total. The van der Waals surface area contributed by atoms with Crippen molar-refractivity contribution < 1.29 is 23.0 Å². The van der Waals surface area contributed by atoms with Crippen molar-refractivity contribution in [2.75, 3.05) is 17.6 Å². The predicted octanol–water partition coefficient (Wildman–Crippen LogP) is 4.07. The monoisotopic (exact) mass is 582 g/mol. The minimum Gasteiger partial charge on any atom is -0.390 e. The molecule has 0 radical (unpaired) electrons. The molecule has 3 heterocycles. The van der Waals surface area contributed by atoms with E-state index < -0.39 is 33.6 Å². The zero-order chi connectivity index (χ0) is 28.9. The van der Waals surface area contributed by atoms with Gasteiger partial charge in [0.25, 0.3) is 0 Å². The van der Waals surface area contributed by atoms with Crippen LogP contribution in [0.15, 0.2) is 18.3 Å². The van der Waals surface area contributed by atoms with Gasteiger partial charge in [0, 0.05) is 24.2 Å². The van der Waals surface area contributed by atoms with E-state index in [0.29, 0.717) is 29.7 Å². The van der Waals surface area contributed by atoms with Crippen molar-refractivity contribution in [3.63, 3.8) is 0 Å². The van der Waals surface area contributed by atoms with Crippen LogP contribution in [0.4, 0.5) is 10.3 Å². The first-order valence-electron chi connectivity index (χ1n) is 13.1. The minimum absolute atomic E-state index is 0.0304. The average molecular weight is 583 g/mol. The number of fused-ring (bicyclic) bond motifs is 1. The number of nitrogens with zero attached hydrogens (tertiary/aromatic N) is 5. The molecule has 1 saturated heterocycles. The Bertz CT molecular complexity index is 1470. The first-order chi connectivity index (χ1) is 18.2. The van der Waals surface area contributed by atoms with Gasteiger partial charge >= 0.3 is 0 Å². The summed E-state index contributed by atoms with van der Waals surface area (Å²) in [5.74, 6) is -0.0978. The Balaban J connectivity index is 1.70. The second kappa shape index (κ2) is 10.9. The van der Waals surface area contributed by atoms with E-state index in [4.69, 9.17) is 11.6 Å². The SMILES string of the molecule is CC[C@H]1C[C@H](Nc2ncc(Cl)c(-c3cc(F)c4nc(C(C)(C)O)n(C(C)C)c4c3)n2)[C@@H](O)CN1S(=O)(=O)CC. The van der Waals surface area contributed by atoms with Gasteiger partial charge in [0.2, 0.25) is 16.0 Å². The Morgan fingerprint density at radius 1 is 1.26 bits per heavy atom. The van der Waals surface area contributed by atoms with Crippen molar-refractivity contribution in [1.82, 2.24) is 23.8 Å². The third-order valence-electron chi connectivity index (χ3n) is 7.10. The number of aliphatic hydroxyl groups excluding tert-OH is 1. The van der Waals surface area contributed by atoms with E-state index in [0.717, 1.165) is 0 Å². The number of β-amino-alcohol motifs (C(OH)–C–C–N with tert-alkyl or cyclic N) is 1. The number of hydrogen-bond acceptors (Lipinski definition) is 8. The molecule has 2 aromatic heterocycles. The normalized spacial score (nSPS) is 21.2. The lowest BCUT2D eigenvalue weighted by Crippen LogP contribution is -2.56. The van der Waals surface area contributed by atoms with Gasteiger partial charge in [0.05, 0.1) is 40.3 Å². The van der Waals surface area contributed by atoms with Crippen LogP contribution in [0.25, 0.3) is 22.3 Å². The summed E-state index contributed by atoms with van der Waals surface area (Å²) in [6, 6.07) is 2.14. The molecule has 39 heavy (non-hydrogen) atoms. The lowest BCUT2D eigenvalue weighted by Gasteiger charge is -2.41. The first kappa shape index (κ1) is 29.6. The lowest BCUT2D eigenvalue weighted by molar-refractivity contribution is 0.0641. The van der Waals surface area contributed by atoms with Crippen LogP contribution < -0.4 is 5.32 Å². The van der Waals surface area contributed by atoms with Gasteiger partial charge in [-0.3, -0.25) is 0 Å². The van der Waals surface area contributed by atoms with E-state index in [-0.39, 0.29) is 46.6 Å². The summed E-state index contributed by atoms with van der Waals surface area (Å²) in [7, 11) is -3.46. The number of aliphatic hydroxyl groups is 2. The number of nitrogens with one attached hydrogen (secondary N) is 1. The molecule has 214 valence electrons. The van der Waals surface area contributed by atoms with Crippen LogP contribution in [0.5, 0.6) is 0 Å². The number of aromatic nitrogens is 4. The van der Waals surface area contributed by atoms with Crippen LogP contribution >= 0.6 is 11.6 Å². The number of benzene rings is 1. The fourth-order valence-corrected chi connectivity index (χ4v) is 6.71. The molecule has 1 aliphatic rings. The highest BCUT2D eigenvalue weighted by Gasteiger charge is 2.39. The highest BCUT2D eigenvalue weighted by Crippen LogP contribution is 2.35. The number of halogens is 2. The molecule has 1 fully saturated rings. The van der Waals surface area contributed by atoms with Crippen LogP contribution in [0.2, 0.25) is 5.02 Å². The fraction of sp³-hybridized carbons (Fsp3) is 0.577. The molecule has 0 spiro atoms. The molecule has 0 saturated carbocycles. The minimum atomic E-state index is -3.46. The van der Waals surface area contributed by atoms with Crippen LogP contribution in [-0.2, 0) is 15.6 Å². The molecular formula is C26H36ClFN6O4S. The van der Waals surface area contributed by atoms with Crippen LogP contribution in [0.1, 0.15) is 66.3 Å². The van der Waals surface area contributed by atoms with Crippen LogP contribution in [0.3, 0.4) is 0 Å². The summed E-state index contributed by atoms with van der Waals surface area (Å²) in [6.45, 7) is 10.5. The number of piperidine rings is 1. The van der Waals surface area contributed by atoms with Crippen LogP contribution in [-0.4, -0.2) is 72.9 Å². The number of rotatable bonds is 8. The zero-order valence-corrected chi connectivity index (χ0v) is 24.6. The predicted molar refractivity (Wildman–Crippen MR) is 150 cm³/mol. The van der Waals surface area contributed by atoms with E-state index in [1.165, 1.54) is 16.6 Å². The van der Waals surface area contributed by atoms with E-state index in [1.807, 2.05) is 20.8 Å². The summed E-state index contributed by atoms with van der Waals surface area (Å²) in [4.78, 5) is 13.2.